The van der Waals surface area contributed by atoms with E-state index in [0.717, 1.165) is 6.07 Å². The molecular weight excluding hydrogens is 387 g/mol. The van der Waals surface area contributed by atoms with Crippen LogP contribution in [0.3, 0.4) is 0 Å². The predicted octanol–water partition coefficient (Wildman–Crippen LogP) is 4.47. The number of pyridine rings is 1. The van der Waals surface area contributed by atoms with E-state index in [1.165, 1.54) is 24.4 Å². The Balaban J connectivity index is 1.90. The standard InChI is InChI=1S/C17H13ClF3N3O3/c18-10-4-5-12-11(9-10)16(17(19,20)21,27-15(26)23-12)7-6-14(25)24-13-3-1-2-8-22-13/h1-5,8-9H,6-7H2,(H,23,26)(H,22,24,25). The van der Waals surface area contributed by atoms with Gasteiger partial charge in [-0.05, 0) is 30.3 Å². The first-order chi connectivity index (χ1) is 12.7. The quantitative estimate of drug-likeness (QED) is 0.794. The van der Waals surface area contributed by atoms with Crippen LogP contribution in [0.4, 0.5) is 29.5 Å². The lowest BCUT2D eigenvalue weighted by molar-refractivity contribution is -0.267. The molecule has 3 rings (SSSR count). The molecule has 2 N–H and O–H groups in total. The lowest BCUT2D eigenvalue weighted by Gasteiger charge is -2.39. The number of halogens is 4. The Hall–Kier alpha value is -2.81. The van der Waals surface area contributed by atoms with Crippen molar-refractivity contribution < 1.29 is 27.5 Å². The molecule has 0 bridgehead atoms. The molecule has 2 aromatic rings. The van der Waals surface area contributed by atoms with E-state index in [1.54, 1.807) is 12.1 Å². The summed E-state index contributed by atoms with van der Waals surface area (Å²) in [4.78, 5) is 27.7. The summed E-state index contributed by atoms with van der Waals surface area (Å²) in [6.07, 6.45) is -6.16. The molecule has 0 fully saturated rings. The molecular formula is C17H13ClF3N3O3. The number of anilines is 2. The topological polar surface area (TPSA) is 80.3 Å². The van der Waals surface area contributed by atoms with E-state index in [4.69, 9.17) is 16.3 Å². The Morgan fingerprint density at radius 1 is 1.30 bits per heavy atom. The zero-order valence-corrected chi connectivity index (χ0v) is 14.4. The number of hydrogen-bond acceptors (Lipinski definition) is 4. The Bertz CT molecular complexity index is 877. The maximum absolute atomic E-state index is 14.0. The highest BCUT2D eigenvalue weighted by atomic mass is 35.5. The van der Waals surface area contributed by atoms with Gasteiger partial charge in [0.25, 0.3) is 0 Å². The van der Waals surface area contributed by atoms with Crippen LogP contribution >= 0.6 is 11.6 Å². The van der Waals surface area contributed by atoms with Gasteiger partial charge in [0.05, 0.1) is 5.69 Å². The van der Waals surface area contributed by atoms with Crippen molar-refractivity contribution in [1.29, 1.82) is 0 Å². The van der Waals surface area contributed by atoms with E-state index >= 15 is 0 Å². The second kappa shape index (κ2) is 7.07. The number of nitrogens with one attached hydrogen (secondary N) is 2. The Labute approximate surface area is 156 Å². The smallest absolute Gasteiger partial charge is 0.428 e. The van der Waals surface area contributed by atoms with Gasteiger partial charge in [0.2, 0.25) is 11.5 Å². The van der Waals surface area contributed by atoms with E-state index < -0.39 is 36.6 Å². The monoisotopic (exact) mass is 399 g/mol. The van der Waals surface area contributed by atoms with Crippen molar-refractivity contribution in [2.75, 3.05) is 10.6 Å². The van der Waals surface area contributed by atoms with Gasteiger partial charge >= 0.3 is 12.3 Å². The minimum absolute atomic E-state index is 0.0417. The second-order valence-corrected chi connectivity index (χ2v) is 6.23. The molecule has 10 heteroatoms. The summed E-state index contributed by atoms with van der Waals surface area (Å²) in [6, 6.07) is 8.42. The van der Waals surface area contributed by atoms with E-state index in [0.29, 0.717) is 0 Å². The fourth-order valence-electron chi connectivity index (χ4n) is 2.78. The number of rotatable bonds is 4. The third kappa shape index (κ3) is 3.82. The van der Waals surface area contributed by atoms with Crippen LogP contribution in [0.1, 0.15) is 18.4 Å². The van der Waals surface area contributed by atoms with E-state index in [9.17, 15) is 22.8 Å². The summed E-state index contributed by atoms with van der Waals surface area (Å²) in [5.41, 5.74) is -3.41. The average Bonchev–Trinajstić information content (AvgIpc) is 2.60. The van der Waals surface area contributed by atoms with Gasteiger partial charge in [-0.3, -0.25) is 10.1 Å². The summed E-state index contributed by atoms with van der Waals surface area (Å²) in [7, 11) is 0. The minimum Gasteiger partial charge on any atom is -0.428 e. The SMILES string of the molecule is O=C(CCC1(C(F)(F)F)OC(=O)Nc2ccc(Cl)cc21)Nc1ccccn1. The maximum atomic E-state index is 14.0. The second-order valence-electron chi connectivity index (χ2n) is 5.79. The van der Waals surface area contributed by atoms with Gasteiger partial charge in [0, 0.05) is 29.6 Å². The normalized spacial score (nSPS) is 18.9. The highest BCUT2D eigenvalue weighted by molar-refractivity contribution is 6.30. The third-order valence-corrected chi connectivity index (χ3v) is 4.25. The Kier molecular flexibility index (Phi) is 4.97. The average molecular weight is 400 g/mol. The van der Waals surface area contributed by atoms with Crippen molar-refractivity contribution in [3.05, 3.63) is 53.2 Å². The minimum atomic E-state index is -4.96. The molecule has 0 saturated heterocycles. The fraction of sp³-hybridized carbons (Fsp3) is 0.235. The van der Waals surface area contributed by atoms with E-state index in [-0.39, 0.29) is 22.1 Å². The van der Waals surface area contributed by atoms with Crippen molar-refractivity contribution >= 4 is 35.1 Å². The predicted molar refractivity (Wildman–Crippen MR) is 91.4 cm³/mol. The molecule has 2 heterocycles. The van der Waals surface area contributed by atoms with Crippen LogP contribution in [-0.2, 0) is 15.1 Å². The third-order valence-electron chi connectivity index (χ3n) is 4.01. The van der Waals surface area contributed by atoms with Crippen LogP contribution in [0.15, 0.2) is 42.6 Å². The number of carbonyl (C=O) groups is 2. The Morgan fingerprint density at radius 2 is 2.07 bits per heavy atom. The number of ether oxygens (including phenoxy) is 1. The molecule has 0 spiro atoms. The number of cyclic esters (lactones) is 1. The van der Waals surface area contributed by atoms with Crippen molar-refractivity contribution in [3.63, 3.8) is 0 Å². The van der Waals surface area contributed by atoms with Gasteiger partial charge in [-0.15, -0.1) is 0 Å². The zero-order valence-electron chi connectivity index (χ0n) is 13.6. The van der Waals surface area contributed by atoms with Gasteiger partial charge in [0.1, 0.15) is 5.82 Å². The number of benzene rings is 1. The summed E-state index contributed by atoms with van der Waals surface area (Å²) in [6.45, 7) is 0. The number of nitrogens with zero attached hydrogens (tertiary/aromatic N) is 1. The maximum Gasteiger partial charge on any atom is 0.432 e. The fourth-order valence-corrected chi connectivity index (χ4v) is 2.95. The molecule has 6 nitrogen and oxygen atoms in total. The summed E-state index contributed by atoms with van der Waals surface area (Å²) < 4.78 is 46.6. The molecule has 0 aliphatic carbocycles. The van der Waals surface area contributed by atoms with Crippen LogP contribution < -0.4 is 10.6 Å². The van der Waals surface area contributed by atoms with Crippen molar-refractivity contribution in [2.24, 2.45) is 0 Å². The largest absolute Gasteiger partial charge is 0.432 e. The summed E-state index contributed by atoms with van der Waals surface area (Å²) >= 11 is 5.84. The van der Waals surface area contributed by atoms with Crippen LogP contribution in [-0.4, -0.2) is 23.2 Å². The lowest BCUT2D eigenvalue weighted by Crippen LogP contribution is -2.50. The number of hydrogen-bond donors (Lipinski definition) is 2. The van der Waals surface area contributed by atoms with Crippen LogP contribution in [0.5, 0.6) is 0 Å². The van der Waals surface area contributed by atoms with Gasteiger partial charge in [-0.2, -0.15) is 13.2 Å². The molecule has 1 aromatic heterocycles. The molecule has 27 heavy (non-hydrogen) atoms. The number of fused-ring (bicyclic) bond motifs is 1. The highest BCUT2D eigenvalue weighted by Crippen LogP contribution is 2.50. The number of carbonyl (C=O) groups excluding carboxylic acids is 2. The summed E-state index contributed by atoms with van der Waals surface area (Å²) in [5, 5.41) is 4.65. The van der Waals surface area contributed by atoms with Crippen molar-refractivity contribution in [3.8, 4) is 0 Å². The first-order valence-corrected chi connectivity index (χ1v) is 8.17. The van der Waals surface area contributed by atoms with E-state index in [1.807, 2.05) is 0 Å². The number of alkyl halides is 3. The molecule has 142 valence electrons. The molecule has 1 aliphatic rings. The highest BCUT2D eigenvalue weighted by Gasteiger charge is 2.62. The van der Waals surface area contributed by atoms with Crippen LogP contribution in [0, 0.1) is 0 Å². The first-order valence-electron chi connectivity index (χ1n) is 7.79. The lowest BCUT2D eigenvalue weighted by atomic mass is 9.85. The van der Waals surface area contributed by atoms with Gasteiger partial charge < -0.3 is 10.1 Å². The van der Waals surface area contributed by atoms with Gasteiger partial charge in [-0.25, -0.2) is 9.78 Å². The van der Waals surface area contributed by atoms with Gasteiger partial charge in [0.15, 0.2) is 0 Å². The van der Waals surface area contributed by atoms with Crippen molar-refractivity contribution in [2.45, 2.75) is 24.6 Å². The first kappa shape index (κ1) is 19.0. The van der Waals surface area contributed by atoms with Crippen molar-refractivity contribution in [1.82, 2.24) is 4.98 Å². The van der Waals surface area contributed by atoms with Crippen LogP contribution in [0.2, 0.25) is 5.02 Å². The van der Waals surface area contributed by atoms with Crippen LogP contribution in [0.25, 0.3) is 0 Å². The molecule has 2 amide bonds. The van der Waals surface area contributed by atoms with E-state index in [2.05, 4.69) is 15.6 Å². The summed E-state index contributed by atoms with van der Waals surface area (Å²) in [5.74, 6) is -0.496. The molecule has 1 atom stereocenters. The molecule has 1 unspecified atom stereocenters. The Morgan fingerprint density at radius 3 is 2.74 bits per heavy atom. The number of amides is 2. The number of aromatic nitrogens is 1. The molecule has 1 aromatic carbocycles. The molecule has 0 saturated carbocycles. The zero-order chi connectivity index (χ0) is 19.7. The van der Waals surface area contributed by atoms with Gasteiger partial charge in [-0.1, -0.05) is 17.7 Å². The molecule has 1 aliphatic heterocycles. The molecule has 0 radical (unpaired) electrons.